The minimum atomic E-state index is -0.657. The maximum Gasteiger partial charge on any atom is 0.329 e. The monoisotopic (exact) mass is 282 g/mol. The normalized spacial score (nSPS) is 11.8. The van der Waals surface area contributed by atoms with E-state index in [4.69, 9.17) is 0 Å². The van der Waals surface area contributed by atoms with Crippen LogP contribution in [-0.2, 0) is 4.79 Å². The molecule has 1 rings (SSSR count). The van der Waals surface area contributed by atoms with Crippen LogP contribution in [0.3, 0.4) is 0 Å². The third-order valence-corrected chi connectivity index (χ3v) is 2.37. The first-order valence-electron chi connectivity index (χ1n) is 6.11. The standard InChI is InChI=1S/C11H18N6O3/c1-6(2)14-10(18)7(3)15-9-8(17(19)20)5-13-11(12-4)16-9/h5-7H,1-4H3,(H,14,18)(H2,12,13,15,16). The Labute approximate surface area is 116 Å². The van der Waals surface area contributed by atoms with Gasteiger partial charge in [-0.2, -0.15) is 4.98 Å². The number of nitrogens with zero attached hydrogens (tertiary/aromatic N) is 3. The van der Waals surface area contributed by atoms with Crippen LogP contribution in [0.2, 0.25) is 0 Å². The van der Waals surface area contributed by atoms with E-state index in [1.54, 1.807) is 14.0 Å². The van der Waals surface area contributed by atoms with E-state index in [9.17, 15) is 14.9 Å². The van der Waals surface area contributed by atoms with E-state index in [1.165, 1.54) is 0 Å². The molecule has 0 aliphatic rings. The number of amides is 1. The van der Waals surface area contributed by atoms with Gasteiger partial charge in [-0.15, -0.1) is 0 Å². The summed E-state index contributed by atoms with van der Waals surface area (Å²) in [5.41, 5.74) is -0.284. The maximum absolute atomic E-state index is 11.8. The van der Waals surface area contributed by atoms with Gasteiger partial charge in [-0.1, -0.05) is 0 Å². The van der Waals surface area contributed by atoms with E-state index in [0.717, 1.165) is 6.20 Å². The molecule has 9 nitrogen and oxygen atoms in total. The van der Waals surface area contributed by atoms with Gasteiger partial charge in [0.25, 0.3) is 0 Å². The molecule has 1 heterocycles. The number of aromatic nitrogens is 2. The fourth-order valence-electron chi connectivity index (χ4n) is 1.42. The van der Waals surface area contributed by atoms with Crippen LogP contribution >= 0.6 is 0 Å². The lowest BCUT2D eigenvalue weighted by molar-refractivity contribution is -0.384. The van der Waals surface area contributed by atoms with Crippen molar-refractivity contribution < 1.29 is 9.72 Å². The van der Waals surface area contributed by atoms with Gasteiger partial charge < -0.3 is 16.0 Å². The molecule has 1 unspecified atom stereocenters. The van der Waals surface area contributed by atoms with Gasteiger partial charge in [0.1, 0.15) is 12.2 Å². The first-order valence-corrected chi connectivity index (χ1v) is 6.11. The molecule has 0 aromatic carbocycles. The van der Waals surface area contributed by atoms with E-state index in [1.807, 2.05) is 13.8 Å². The number of nitrogens with one attached hydrogen (secondary N) is 3. The minimum absolute atomic E-state index is 0.000700. The van der Waals surface area contributed by atoms with Crippen LogP contribution in [-0.4, -0.2) is 39.9 Å². The van der Waals surface area contributed by atoms with Gasteiger partial charge in [-0.25, -0.2) is 4.98 Å². The highest BCUT2D eigenvalue weighted by Gasteiger charge is 2.21. The number of nitro groups is 1. The quantitative estimate of drug-likeness (QED) is 0.519. The summed E-state index contributed by atoms with van der Waals surface area (Å²) in [6.45, 7) is 5.26. The molecular formula is C11H18N6O3. The second-order valence-corrected chi connectivity index (χ2v) is 4.46. The van der Waals surface area contributed by atoms with Gasteiger partial charge in [0.2, 0.25) is 17.7 Å². The Morgan fingerprint density at radius 1 is 1.40 bits per heavy atom. The fourth-order valence-corrected chi connectivity index (χ4v) is 1.42. The van der Waals surface area contributed by atoms with Gasteiger partial charge in [0, 0.05) is 13.1 Å². The fraction of sp³-hybridized carbons (Fsp3) is 0.545. The summed E-state index contributed by atoms with van der Waals surface area (Å²) >= 11 is 0. The SMILES string of the molecule is CNc1ncc([N+](=O)[O-])c(NC(C)C(=O)NC(C)C)n1. The zero-order chi connectivity index (χ0) is 15.3. The molecule has 20 heavy (non-hydrogen) atoms. The molecule has 110 valence electrons. The number of anilines is 2. The lowest BCUT2D eigenvalue weighted by Gasteiger charge is -2.16. The van der Waals surface area contributed by atoms with Crippen molar-refractivity contribution in [1.29, 1.82) is 0 Å². The molecule has 1 atom stereocenters. The minimum Gasteiger partial charge on any atom is -0.357 e. The van der Waals surface area contributed by atoms with Crippen molar-refractivity contribution >= 4 is 23.4 Å². The van der Waals surface area contributed by atoms with Crippen molar-refractivity contribution in [3.05, 3.63) is 16.3 Å². The Morgan fingerprint density at radius 3 is 2.55 bits per heavy atom. The van der Waals surface area contributed by atoms with Gasteiger partial charge >= 0.3 is 5.69 Å². The molecular weight excluding hydrogens is 264 g/mol. The molecule has 0 saturated heterocycles. The first kappa shape index (κ1) is 15.6. The van der Waals surface area contributed by atoms with Crippen molar-refractivity contribution in [1.82, 2.24) is 15.3 Å². The maximum atomic E-state index is 11.8. The third kappa shape index (κ3) is 4.04. The zero-order valence-corrected chi connectivity index (χ0v) is 11.8. The number of carbonyl (C=O) groups excluding carboxylic acids is 1. The van der Waals surface area contributed by atoms with Crippen LogP contribution in [0.15, 0.2) is 6.20 Å². The van der Waals surface area contributed by atoms with Crippen molar-refractivity contribution in [2.45, 2.75) is 32.9 Å². The number of carbonyl (C=O) groups is 1. The highest BCUT2D eigenvalue weighted by atomic mass is 16.6. The molecule has 0 aliphatic carbocycles. The van der Waals surface area contributed by atoms with Gasteiger partial charge in [-0.3, -0.25) is 14.9 Å². The van der Waals surface area contributed by atoms with E-state index in [0.29, 0.717) is 0 Å². The highest BCUT2D eigenvalue weighted by Crippen LogP contribution is 2.22. The van der Waals surface area contributed by atoms with Gasteiger partial charge in [0.05, 0.1) is 4.92 Å². The summed E-state index contributed by atoms with van der Waals surface area (Å²) in [4.78, 5) is 29.8. The molecule has 0 spiro atoms. The molecule has 0 fully saturated rings. The number of hydrogen-bond donors (Lipinski definition) is 3. The molecule has 0 radical (unpaired) electrons. The molecule has 1 aromatic rings. The molecule has 9 heteroatoms. The summed E-state index contributed by atoms with van der Waals surface area (Å²) in [7, 11) is 1.60. The molecule has 3 N–H and O–H groups in total. The Bertz CT molecular complexity index is 505. The summed E-state index contributed by atoms with van der Waals surface area (Å²) in [5.74, 6) is -0.0331. The summed E-state index contributed by atoms with van der Waals surface area (Å²) in [6.07, 6.45) is 1.09. The summed E-state index contributed by atoms with van der Waals surface area (Å²) in [6, 6.07) is -0.671. The van der Waals surface area contributed by atoms with Crippen molar-refractivity contribution in [3.8, 4) is 0 Å². The Kier molecular flexibility index (Phi) is 5.18. The molecule has 0 bridgehead atoms. The Morgan fingerprint density at radius 2 is 2.05 bits per heavy atom. The van der Waals surface area contributed by atoms with Crippen LogP contribution in [0.5, 0.6) is 0 Å². The van der Waals surface area contributed by atoms with E-state index in [2.05, 4.69) is 25.9 Å². The van der Waals surface area contributed by atoms with Crippen LogP contribution in [0.25, 0.3) is 0 Å². The second-order valence-electron chi connectivity index (χ2n) is 4.46. The number of hydrogen-bond acceptors (Lipinski definition) is 7. The topological polar surface area (TPSA) is 122 Å². The second kappa shape index (κ2) is 6.64. The molecule has 1 aromatic heterocycles. The van der Waals surface area contributed by atoms with Crippen molar-refractivity contribution in [2.24, 2.45) is 0 Å². The van der Waals surface area contributed by atoms with Crippen molar-refractivity contribution in [3.63, 3.8) is 0 Å². The summed E-state index contributed by atoms with van der Waals surface area (Å²) in [5, 5.41) is 19.0. The van der Waals surface area contributed by atoms with Crippen LogP contribution in [0.1, 0.15) is 20.8 Å². The van der Waals surface area contributed by atoms with E-state index < -0.39 is 11.0 Å². The van der Waals surface area contributed by atoms with E-state index in [-0.39, 0.29) is 29.4 Å². The van der Waals surface area contributed by atoms with Crippen LogP contribution in [0, 0.1) is 10.1 Å². The van der Waals surface area contributed by atoms with Gasteiger partial charge in [0.15, 0.2) is 0 Å². The third-order valence-electron chi connectivity index (χ3n) is 2.37. The predicted molar refractivity (Wildman–Crippen MR) is 74.6 cm³/mol. The number of rotatable bonds is 6. The molecule has 0 saturated carbocycles. The average Bonchev–Trinajstić information content (AvgIpc) is 2.37. The van der Waals surface area contributed by atoms with Crippen LogP contribution in [0.4, 0.5) is 17.5 Å². The average molecular weight is 282 g/mol. The lowest BCUT2D eigenvalue weighted by atomic mass is 10.2. The zero-order valence-electron chi connectivity index (χ0n) is 11.8. The van der Waals surface area contributed by atoms with E-state index >= 15 is 0 Å². The van der Waals surface area contributed by atoms with Crippen molar-refractivity contribution in [2.75, 3.05) is 17.7 Å². The highest BCUT2D eigenvalue weighted by molar-refractivity contribution is 5.84. The Balaban J connectivity index is 2.94. The summed E-state index contributed by atoms with van der Waals surface area (Å²) < 4.78 is 0. The lowest BCUT2D eigenvalue weighted by Crippen LogP contribution is -2.41. The Hall–Kier alpha value is -2.45. The molecule has 0 aliphatic heterocycles. The molecule has 1 amide bonds. The van der Waals surface area contributed by atoms with Crippen LogP contribution < -0.4 is 16.0 Å². The largest absolute Gasteiger partial charge is 0.357 e. The predicted octanol–water partition coefficient (Wildman–Crippen LogP) is 0.751. The smallest absolute Gasteiger partial charge is 0.329 e. The first-order chi connectivity index (χ1) is 9.35. The van der Waals surface area contributed by atoms with Gasteiger partial charge in [-0.05, 0) is 20.8 Å².